The molecule has 0 aromatic carbocycles. The lowest BCUT2D eigenvalue weighted by molar-refractivity contribution is 0.0861. The highest BCUT2D eigenvalue weighted by Crippen LogP contribution is 2.60. The zero-order valence-electron chi connectivity index (χ0n) is 20.2. The zero-order valence-corrected chi connectivity index (χ0v) is 21.0. The molecule has 0 spiro atoms. The largest absolute Gasteiger partial charge is 0.393 e. The third kappa shape index (κ3) is 5.36. The summed E-state index contributed by atoms with van der Waals surface area (Å²) in [5, 5.41) is 22.7. The van der Waals surface area contributed by atoms with Gasteiger partial charge in [-0.05, 0) is 85.7 Å². The quantitative estimate of drug-likeness (QED) is 0.444. The van der Waals surface area contributed by atoms with E-state index < -0.39 is 18.4 Å². The average Bonchev–Trinajstić information content (AvgIpc) is 3.43. The average molecular weight is 474 g/mol. The lowest BCUT2D eigenvalue weighted by Gasteiger charge is -2.44. The Balaban J connectivity index is 1.39. The summed E-state index contributed by atoms with van der Waals surface area (Å²) in [7, 11) is 0. The van der Waals surface area contributed by atoms with E-state index in [4.69, 9.17) is 0 Å². The number of allylic oxidation sites excluding steroid dienone is 3. The Morgan fingerprint density at radius 1 is 1.30 bits per heavy atom. The number of aliphatic hydroxyl groups is 2. The molecule has 3 aliphatic rings. The molecule has 4 rings (SSSR count). The Bertz CT molecular complexity index is 878. The minimum atomic E-state index is -0.923. The minimum Gasteiger partial charge on any atom is -0.393 e. The van der Waals surface area contributed by atoms with E-state index in [1.54, 1.807) is 6.20 Å². The van der Waals surface area contributed by atoms with Gasteiger partial charge in [0, 0.05) is 18.0 Å². The van der Waals surface area contributed by atoms with Gasteiger partial charge in [0.25, 0.3) is 0 Å². The third-order valence-electron chi connectivity index (χ3n) is 8.83. The Labute approximate surface area is 202 Å². The van der Waals surface area contributed by atoms with Gasteiger partial charge in [-0.15, -0.1) is 11.3 Å². The first-order valence-electron chi connectivity index (χ1n) is 12.8. The van der Waals surface area contributed by atoms with E-state index in [1.807, 2.05) is 5.38 Å². The van der Waals surface area contributed by atoms with Crippen molar-refractivity contribution in [3.8, 4) is 0 Å². The number of halogens is 1. The summed E-state index contributed by atoms with van der Waals surface area (Å²) in [5.74, 6) is 1.89. The van der Waals surface area contributed by atoms with Gasteiger partial charge >= 0.3 is 0 Å². The first-order valence-corrected chi connectivity index (χ1v) is 13.7. The highest BCUT2D eigenvalue weighted by molar-refractivity contribution is 7.09. The molecule has 1 heterocycles. The lowest BCUT2D eigenvalue weighted by atomic mass is 9.60. The van der Waals surface area contributed by atoms with Gasteiger partial charge in [0.05, 0.1) is 12.2 Å². The van der Waals surface area contributed by atoms with Crippen molar-refractivity contribution >= 4 is 11.3 Å². The van der Waals surface area contributed by atoms with E-state index >= 15 is 0 Å². The summed E-state index contributed by atoms with van der Waals surface area (Å²) in [6.45, 7) is 8.93. The van der Waals surface area contributed by atoms with Crippen LogP contribution in [0.2, 0.25) is 0 Å². The summed E-state index contributed by atoms with van der Waals surface area (Å²) in [6.07, 6.45) is 13.7. The standard InChI is InChI=1S/C28H40FNO2S/c1-18(6-4-8-25(29)27-30-14-15-33-27)23-11-12-24-20(7-5-13-28(23,24)3)9-10-21-16-22(31)17-26(32)19(21)2/h9-10,14-15,18,22-26,31-32H,2,4-8,11-13,16-17H2,1,3H3/b20-9+,21-10-/t18-,22-,23-,24+,25-,26+,28-/m1/s1. The Morgan fingerprint density at radius 3 is 2.88 bits per heavy atom. The van der Waals surface area contributed by atoms with Crippen molar-refractivity contribution in [1.29, 1.82) is 0 Å². The van der Waals surface area contributed by atoms with E-state index in [-0.39, 0.29) is 0 Å². The number of alkyl halides is 1. The van der Waals surface area contributed by atoms with Crippen molar-refractivity contribution < 1.29 is 14.6 Å². The molecule has 0 amide bonds. The summed E-state index contributed by atoms with van der Waals surface area (Å²) in [5.41, 5.74) is 3.60. The molecule has 0 unspecified atom stereocenters. The van der Waals surface area contributed by atoms with Crippen molar-refractivity contribution in [3.05, 3.63) is 52.0 Å². The number of thiazole rings is 1. The van der Waals surface area contributed by atoms with Crippen molar-refractivity contribution in [2.45, 2.75) is 96.4 Å². The van der Waals surface area contributed by atoms with Crippen LogP contribution >= 0.6 is 11.3 Å². The Morgan fingerprint density at radius 2 is 2.12 bits per heavy atom. The van der Waals surface area contributed by atoms with Gasteiger partial charge in [-0.2, -0.15) is 0 Å². The second-order valence-electron chi connectivity index (χ2n) is 10.9. The van der Waals surface area contributed by atoms with Gasteiger partial charge in [-0.3, -0.25) is 0 Å². The van der Waals surface area contributed by atoms with Crippen LogP contribution in [0.3, 0.4) is 0 Å². The molecule has 0 saturated heterocycles. The Kier molecular flexibility index (Phi) is 7.92. The summed E-state index contributed by atoms with van der Waals surface area (Å²) in [4.78, 5) is 4.13. The fourth-order valence-corrected chi connectivity index (χ4v) is 7.66. The van der Waals surface area contributed by atoms with Crippen molar-refractivity contribution in [1.82, 2.24) is 4.98 Å². The summed E-state index contributed by atoms with van der Waals surface area (Å²) < 4.78 is 14.4. The normalized spacial score (nSPS) is 36.8. The first kappa shape index (κ1) is 24.8. The monoisotopic (exact) mass is 473 g/mol. The second-order valence-corrected chi connectivity index (χ2v) is 11.8. The molecule has 0 bridgehead atoms. The molecule has 3 saturated carbocycles. The number of aliphatic hydroxyl groups excluding tert-OH is 2. The predicted octanol–water partition coefficient (Wildman–Crippen LogP) is 7.10. The van der Waals surface area contributed by atoms with Crippen molar-refractivity contribution in [2.24, 2.45) is 23.2 Å². The van der Waals surface area contributed by atoms with Gasteiger partial charge < -0.3 is 10.2 Å². The SMILES string of the molecule is C=C1/C(=C\C=C2/CCC[C@]3(C)[C@@H]([C@H](C)CCC[C@@H](F)c4nccs4)CC[C@@H]23)C[C@@H](O)C[C@@H]1O. The number of fused-ring (bicyclic) bond motifs is 1. The number of rotatable bonds is 7. The third-order valence-corrected chi connectivity index (χ3v) is 9.69. The van der Waals surface area contributed by atoms with Crippen LogP contribution in [0, 0.1) is 23.2 Å². The summed E-state index contributed by atoms with van der Waals surface area (Å²) in [6, 6.07) is 0. The van der Waals surface area contributed by atoms with Gasteiger partial charge in [0.1, 0.15) is 5.01 Å². The molecule has 33 heavy (non-hydrogen) atoms. The van der Waals surface area contributed by atoms with Crippen LogP contribution in [0.4, 0.5) is 4.39 Å². The molecule has 0 aliphatic heterocycles. The molecule has 2 N–H and O–H groups in total. The molecule has 1 aromatic rings. The van der Waals surface area contributed by atoms with E-state index in [2.05, 4.69) is 37.6 Å². The topological polar surface area (TPSA) is 53.4 Å². The van der Waals surface area contributed by atoms with E-state index in [0.717, 1.165) is 30.4 Å². The van der Waals surface area contributed by atoms with Gasteiger partial charge in [0.2, 0.25) is 0 Å². The molecule has 0 radical (unpaired) electrons. The predicted molar refractivity (Wildman–Crippen MR) is 134 cm³/mol. The molecule has 5 heteroatoms. The number of aromatic nitrogens is 1. The van der Waals surface area contributed by atoms with Crippen LogP contribution < -0.4 is 0 Å². The van der Waals surface area contributed by atoms with Crippen LogP contribution in [0.5, 0.6) is 0 Å². The number of hydrogen-bond acceptors (Lipinski definition) is 4. The Hall–Kier alpha value is -1.30. The molecule has 3 nitrogen and oxygen atoms in total. The molecule has 7 atom stereocenters. The maximum absolute atomic E-state index is 14.4. The van der Waals surface area contributed by atoms with Gasteiger partial charge in [-0.25, -0.2) is 9.37 Å². The molecular weight excluding hydrogens is 433 g/mol. The smallest absolute Gasteiger partial charge is 0.151 e. The molecule has 182 valence electrons. The van der Waals surface area contributed by atoms with Gasteiger partial charge in [0.15, 0.2) is 6.17 Å². The minimum absolute atomic E-state index is 0.315. The molecule has 3 aliphatic carbocycles. The van der Waals surface area contributed by atoms with Crippen LogP contribution in [0.1, 0.15) is 89.2 Å². The number of hydrogen-bond donors (Lipinski definition) is 2. The number of nitrogens with zero attached hydrogens (tertiary/aromatic N) is 1. The van der Waals surface area contributed by atoms with Crippen LogP contribution in [0.25, 0.3) is 0 Å². The fraction of sp³-hybridized carbons (Fsp3) is 0.679. The molecular formula is C28H40FNO2S. The van der Waals surface area contributed by atoms with Crippen LogP contribution in [-0.2, 0) is 0 Å². The molecule has 3 fully saturated rings. The highest BCUT2D eigenvalue weighted by Gasteiger charge is 2.50. The van der Waals surface area contributed by atoms with E-state index in [9.17, 15) is 14.6 Å². The van der Waals surface area contributed by atoms with Crippen molar-refractivity contribution in [2.75, 3.05) is 0 Å². The highest BCUT2D eigenvalue weighted by atomic mass is 32.1. The van der Waals surface area contributed by atoms with Crippen LogP contribution in [-0.4, -0.2) is 27.4 Å². The van der Waals surface area contributed by atoms with Gasteiger partial charge in [-0.1, -0.05) is 44.6 Å². The van der Waals surface area contributed by atoms with Crippen LogP contribution in [0.15, 0.2) is 47.0 Å². The summed E-state index contributed by atoms with van der Waals surface area (Å²) >= 11 is 1.41. The first-order chi connectivity index (χ1) is 15.8. The van der Waals surface area contributed by atoms with E-state index in [0.29, 0.717) is 47.4 Å². The van der Waals surface area contributed by atoms with Crippen molar-refractivity contribution in [3.63, 3.8) is 0 Å². The fourth-order valence-electron chi connectivity index (χ4n) is 7.01. The zero-order chi connectivity index (χ0) is 23.6. The molecule has 1 aromatic heterocycles. The maximum atomic E-state index is 14.4. The second kappa shape index (κ2) is 10.5. The van der Waals surface area contributed by atoms with E-state index in [1.165, 1.54) is 42.6 Å². The maximum Gasteiger partial charge on any atom is 0.151 e. The lowest BCUT2D eigenvalue weighted by Crippen LogP contribution is -2.36.